The lowest BCUT2D eigenvalue weighted by Crippen LogP contribution is -2.19. The van der Waals surface area contributed by atoms with Crippen LogP contribution in [0.1, 0.15) is 12.5 Å². The van der Waals surface area contributed by atoms with E-state index in [4.69, 9.17) is 0 Å². The van der Waals surface area contributed by atoms with Gasteiger partial charge in [-0.25, -0.2) is 0 Å². The summed E-state index contributed by atoms with van der Waals surface area (Å²) in [6, 6.07) is 9.67. The van der Waals surface area contributed by atoms with Gasteiger partial charge in [-0.2, -0.15) is 4.99 Å². The molecule has 0 saturated heterocycles. The number of hydrogen-bond acceptors (Lipinski definition) is 1. The average Bonchev–Trinajstić information content (AvgIpc) is 2.27. The van der Waals surface area contributed by atoms with Gasteiger partial charge in [-0.1, -0.05) is 30.3 Å². The second-order valence-corrected chi connectivity index (χ2v) is 3.64. The number of carbonyl (C=O) groups excluding carboxylic acids is 1. The van der Waals surface area contributed by atoms with Gasteiger partial charge in [-0.3, -0.25) is 4.79 Å². The molecule has 0 N–H and O–H groups in total. The summed E-state index contributed by atoms with van der Waals surface area (Å²) in [5, 5.41) is 0. The highest BCUT2D eigenvalue weighted by molar-refractivity contribution is 6.00. The SMILES string of the molecule is CC(=NC(=O)/C=C/c1ccccc1)N(C)C. The number of benzene rings is 1. The number of hydrogen-bond donors (Lipinski definition) is 0. The first-order valence-corrected chi connectivity index (χ1v) is 5.09. The Balaban J connectivity index is 2.66. The number of rotatable bonds is 2. The zero-order valence-corrected chi connectivity index (χ0v) is 9.84. The average molecular weight is 216 g/mol. The summed E-state index contributed by atoms with van der Waals surface area (Å²) in [5.41, 5.74) is 0.994. The summed E-state index contributed by atoms with van der Waals surface area (Å²) in [6.45, 7) is 1.80. The van der Waals surface area contributed by atoms with E-state index >= 15 is 0 Å². The van der Waals surface area contributed by atoms with Crippen molar-refractivity contribution in [2.24, 2.45) is 4.99 Å². The summed E-state index contributed by atoms with van der Waals surface area (Å²) in [7, 11) is 3.71. The van der Waals surface area contributed by atoms with Crippen LogP contribution in [0.2, 0.25) is 0 Å². The first-order chi connectivity index (χ1) is 7.59. The Morgan fingerprint density at radius 3 is 2.44 bits per heavy atom. The molecule has 0 aliphatic carbocycles. The number of carbonyl (C=O) groups is 1. The lowest BCUT2D eigenvalue weighted by Gasteiger charge is -2.09. The van der Waals surface area contributed by atoms with Crippen LogP contribution in [0.4, 0.5) is 0 Å². The summed E-state index contributed by atoms with van der Waals surface area (Å²) >= 11 is 0. The Morgan fingerprint density at radius 1 is 1.25 bits per heavy atom. The Kier molecular flexibility index (Phi) is 4.45. The van der Waals surface area contributed by atoms with Crippen LogP contribution in [0.25, 0.3) is 6.08 Å². The minimum atomic E-state index is -0.241. The van der Waals surface area contributed by atoms with Crippen molar-refractivity contribution >= 4 is 17.8 Å². The van der Waals surface area contributed by atoms with E-state index in [1.165, 1.54) is 6.08 Å². The standard InChI is InChI=1S/C13H16N2O/c1-11(15(2)3)14-13(16)10-9-12-7-5-4-6-8-12/h4-10H,1-3H3/b10-9+,14-11?. The van der Waals surface area contributed by atoms with Crippen molar-refractivity contribution in [2.45, 2.75) is 6.92 Å². The van der Waals surface area contributed by atoms with Crippen molar-refractivity contribution in [2.75, 3.05) is 14.1 Å². The number of nitrogens with zero attached hydrogens (tertiary/aromatic N) is 2. The van der Waals surface area contributed by atoms with Crippen LogP contribution in [0.5, 0.6) is 0 Å². The zero-order chi connectivity index (χ0) is 12.0. The first kappa shape index (κ1) is 12.2. The molecule has 1 rings (SSSR count). The molecule has 84 valence electrons. The lowest BCUT2D eigenvalue weighted by atomic mass is 10.2. The smallest absolute Gasteiger partial charge is 0.271 e. The van der Waals surface area contributed by atoms with Gasteiger partial charge in [0.2, 0.25) is 0 Å². The highest BCUT2D eigenvalue weighted by atomic mass is 16.1. The topological polar surface area (TPSA) is 32.7 Å². The van der Waals surface area contributed by atoms with Crippen LogP contribution in [-0.2, 0) is 4.79 Å². The van der Waals surface area contributed by atoms with Crippen LogP contribution >= 0.6 is 0 Å². The van der Waals surface area contributed by atoms with Gasteiger partial charge in [0.25, 0.3) is 5.91 Å². The largest absolute Gasteiger partial charge is 0.366 e. The summed E-state index contributed by atoms with van der Waals surface area (Å²) in [6.07, 6.45) is 3.23. The monoisotopic (exact) mass is 216 g/mol. The predicted octanol–water partition coefficient (Wildman–Crippen LogP) is 2.21. The Hall–Kier alpha value is -1.90. The van der Waals surface area contributed by atoms with E-state index in [-0.39, 0.29) is 5.91 Å². The lowest BCUT2D eigenvalue weighted by molar-refractivity contribution is -0.113. The molecule has 3 nitrogen and oxygen atoms in total. The van der Waals surface area contributed by atoms with Gasteiger partial charge in [0.1, 0.15) is 5.84 Å². The van der Waals surface area contributed by atoms with E-state index in [1.54, 1.807) is 17.9 Å². The van der Waals surface area contributed by atoms with E-state index in [0.29, 0.717) is 5.84 Å². The van der Waals surface area contributed by atoms with E-state index in [9.17, 15) is 4.79 Å². The second-order valence-electron chi connectivity index (χ2n) is 3.64. The van der Waals surface area contributed by atoms with Crippen molar-refractivity contribution in [1.29, 1.82) is 0 Å². The molecule has 1 aromatic carbocycles. The molecule has 0 radical (unpaired) electrons. The number of aliphatic imine (C=N–C) groups is 1. The molecule has 0 atom stereocenters. The maximum Gasteiger partial charge on any atom is 0.271 e. The maximum atomic E-state index is 11.4. The molecule has 0 aliphatic rings. The van der Waals surface area contributed by atoms with Crippen LogP contribution in [0, 0.1) is 0 Å². The molecular weight excluding hydrogens is 200 g/mol. The van der Waals surface area contributed by atoms with Gasteiger partial charge in [0, 0.05) is 20.2 Å². The highest BCUT2D eigenvalue weighted by Crippen LogP contribution is 2.01. The maximum absolute atomic E-state index is 11.4. The van der Waals surface area contributed by atoms with Gasteiger partial charge >= 0.3 is 0 Å². The molecule has 0 unspecified atom stereocenters. The summed E-state index contributed by atoms with van der Waals surface area (Å²) < 4.78 is 0. The van der Waals surface area contributed by atoms with Gasteiger partial charge in [0.15, 0.2) is 0 Å². The second kappa shape index (κ2) is 5.85. The highest BCUT2D eigenvalue weighted by Gasteiger charge is 1.96. The van der Waals surface area contributed by atoms with Crippen LogP contribution in [0.3, 0.4) is 0 Å². The Bertz CT molecular complexity index is 405. The molecule has 0 heterocycles. The molecule has 1 aromatic rings. The van der Waals surface area contributed by atoms with Crippen molar-refractivity contribution in [3.8, 4) is 0 Å². The van der Waals surface area contributed by atoms with E-state index in [1.807, 2.05) is 44.4 Å². The molecule has 16 heavy (non-hydrogen) atoms. The van der Waals surface area contributed by atoms with Crippen LogP contribution in [0.15, 0.2) is 41.4 Å². The van der Waals surface area contributed by atoms with Crippen molar-refractivity contribution < 1.29 is 4.79 Å². The van der Waals surface area contributed by atoms with Crippen molar-refractivity contribution in [3.05, 3.63) is 42.0 Å². The third-order valence-corrected chi connectivity index (χ3v) is 2.14. The fourth-order valence-electron chi connectivity index (χ4n) is 1.03. The molecule has 0 bridgehead atoms. The normalized spacial score (nSPS) is 11.8. The molecule has 3 heteroatoms. The first-order valence-electron chi connectivity index (χ1n) is 5.09. The fourth-order valence-corrected chi connectivity index (χ4v) is 1.03. The number of amidine groups is 1. The molecule has 0 spiro atoms. The molecule has 0 saturated carbocycles. The van der Waals surface area contributed by atoms with Crippen molar-refractivity contribution in [1.82, 2.24) is 4.90 Å². The molecule has 1 amide bonds. The van der Waals surface area contributed by atoms with Gasteiger partial charge in [-0.15, -0.1) is 0 Å². The molecule has 0 fully saturated rings. The zero-order valence-electron chi connectivity index (χ0n) is 9.84. The molecule has 0 aromatic heterocycles. The summed E-state index contributed by atoms with van der Waals surface area (Å²) in [5.74, 6) is 0.456. The van der Waals surface area contributed by atoms with Gasteiger partial charge in [0.05, 0.1) is 0 Å². The third kappa shape index (κ3) is 4.09. The third-order valence-electron chi connectivity index (χ3n) is 2.14. The predicted molar refractivity (Wildman–Crippen MR) is 67.3 cm³/mol. The quantitative estimate of drug-likeness (QED) is 0.431. The van der Waals surface area contributed by atoms with Crippen LogP contribution < -0.4 is 0 Å². The van der Waals surface area contributed by atoms with E-state index in [2.05, 4.69) is 4.99 Å². The number of amides is 1. The minimum absolute atomic E-state index is 0.241. The molecule has 0 aliphatic heterocycles. The Morgan fingerprint density at radius 2 is 1.88 bits per heavy atom. The molecular formula is C13H16N2O. The van der Waals surface area contributed by atoms with E-state index < -0.39 is 0 Å². The minimum Gasteiger partial charge on any atom is -0.366 e. The van der Waals surface area contributed by atoms with E-state index in [0.717, 1.165) is 5.56 Å². The van der Waals surface area contributed by atoms with Gasteiger partial charge < -0.3 is 4.90 Å². The van der Waals surface area contributed by atoms with Crippen molar-refractivity contribution in [3.63, 3.8) is 0 Å². The van der Waals surface area contributed by atoms with Gasteiger partial charge in [-0.05, 0) is 18.6 Å². The summed E-state index contributed by atoms with van der Waals surface area (Å²) in [4.78, 5) is 17.1. The fraction of sp³-hybridized carbons (Fsp3) is 0.231. The van der Waals surface area contributed by atoms with Crippen LogP contribution in [-0.4, -0.2) is 30.7 Å². The Labute approximate surface area is 96.1 Å².